The molecular formula is C15H19N5O. The smallest absolute Gasteiger partial charge is 0.244 e. The summed E-state index contributed by atoms with van der Waals surface area (Å²) in [5.41, 5.74) is 0.700. The molecule has 2 aliphatic rings. The summed E-state index contributed by atoms with van der Waals surface area (Å²) in [4.78, 5) is 12.6. The van der Waals surface area contributed by atoms with Gasteiger partial charge in [-0.3, -0.25) is 0 Å². The van der Waals surface area contributed by atoms with Crippen molar-refractivity contribution in [3.8, 4) is 11.5 Å². The molecule has 0 radical (unpaired) electrons. The minimum Gasteiger partial charge on any atom is -0.337 e. The SMILES string of the molecule is c1cc(-c2noc(C3CCC4CCCCC4N3)n2)ncn1. The van der Waals surface area contributed by atoms with Crippen LogP contribution in [0.5, 0.6) is 0 Å². The fraction of sp³-hybridized carbons (Fsp3) is 0.600. The Bertz CT molecular complexity index is 599. The van der Waals surface area contributed by atoms with Crippen LogP contribution in [0.3, 0.4) is 0 Å². The highest BCUT2D eigenvalue weighted by Crippen LogP contribution is 2.36. The standard InChI is InChI=1S/C15H19N5O/c1-2-4-11-10(3-1)5-6-13(18-11)15-19-14(20-21-15)12-7-8-16-9-17-12/h7-11,13,18H,1-6H2. The molecule has 2 fully saturated rings. The van der Waals surface area contributed by atoms with E-state index in [1.165, 1.54) is 38.4 Å². The molecule has 0 aromatic carbocycles. The Labute approximate surface area is 123 Å². The van der Waals surface area contributed by atoms with Crippen molar-refractivity contribution in [2.45, 2.75) is 50.6 Å². The van der Waals surface area contributed by atoms with Gasteiger partial charge in [0.25, 0.3) is 0 Å². The van der Waals surface area contributed by atoms with Crippen LogP contribution in [0.15, 0.2) is 23.1 Å². The van der Waals surface area contributed by atoms with Crippen molar-refractivity contribution in [1.82, 2.24) is 25.4 Å². The molecule has 1 N–H and O–H groups in total. The first-order valence-electron chi connectivity index (χ1n) is 7.76. The van der Waals surface area contributed by atoms with E-state index in [9.17, 15) is 0 Å². The largest absolute Gasteiger partial charge is 0.337 e. The molecule has 2 aromatic heterocycles. The zero-order valence-corrected chi connectivity index (χ0v) is 11.9. The van der Waals surface area contributed by atoms with Gasteiger partial charge in [0, 0.05) is 12.2 Å². The molecule has 21 heavy (non-hydrogen) atoms. The van der Waals surface area contributed by atoms with Crippen LogP contribution < -0.4 is 5.32 Å². The van der Waals surface area contributed by atoms with Crippen LogP contribution in [0.4, 0.5) is 0 Å². The number of hydrogen-bond acceptors (Lipinski definition) is 6. The maximum atomic E-state index is 5.45. The number of nitrogens with zero attached hydrogens (tertiary/aromatic N) is 4. The third kappa shape index (κ3) is 2.55. The van der Waals surface area contributed by atoms with E-state index in [0.717, 1.165) is 12.3 Å². The molecule has 6 heteroatoms. The van der Waals surface area contributed by atoms with E-state index in [0.29, 0.717) is 23.5 Å². The van der Waals surface area contributed by atoms with Gasteiger partial charge in [-0.05, 0) is 37.7 Å². The molecule has 1 aliphatic heterocycles. The number of fused-ring (bicyclic) bond motifs is 1. The second-order valence-electron chi connectivity index (χ2n) is 6.00. The van der Waals surface area contributed by atoms with Crippen molar-refractivity contribution in [2.75, 3.05) is 0 Å². The van der Waals surface area contributed by atoms with Crippen molar-refractivity contribution in [2.24, 2.45) is 5.92 Å². The Morgan fingerprint density at radius 2 is 2.10 bits per heavy atom. The molecule has 1 saturated carbocycles. The predicted octanol–water partition coefficient (Wildman–Crippen LogP) is 2.51. The van der Waals surface area contributed by atoms with E-state index < -0.39 is 0 Å². The highest BCUT2D eigenvalue weighted by Gasteiger charge is 2.34. The first kappa shape index (κ1) is 12.9. The Morgan fingerprint density at radius 3 is 3.00 bits per heavy atom. The maximum Gasteiger partial charge on any atom is 0.244 e. The van der Waals surface area contributed by atoms with Crippen LogP contribution in [0.25, 0.3) is 11.5 Å². The minimum absolute atomic E-state index is 0.187. The lowest BCUT2D eigenvalue weighted by Gasteiger charge is -2.39. The fourth-order valence-electron chi connectivity index (χ4n) is 3.59. The van der Waals surface area contributed by atoms with Crippen LogP contribution in [-0.4, -0.2) is 26.2 Å². The molecule has 2 aromatic rings. The molecule has 3 unspecified atom stereocenters. The summed E-state index contributed by atoms with van der Waals surface area (Å²) in [6.07, 6.45) is 10.9. The zero-order chi connectivity index (χ0) is 14.1. The lowest BCUT2D eigenvalue weighted by molar-refractivity contribution is 0.158. The molecule has 0 amide bonds. The van der Waals surface area contributed by atoms with Gasteiger partial charge in [-0.15, -0.1) is 0 Å². The second-order valence-corrected chi connectivity index (χ2v) is 6.00. The average molecular weight is 285 g/mol. The zero-order valence-electron chi connectivity index (χ0n) is 11.9. The van der Waals surface area contributed by atoms with Gasteiger partial charge in [-0.1, -0.05) is 18.0 Å². The Morgan fingerprint density at radius 1 is 1.14 bits per heavy atom. The number of nitrogens with one attached hydrogen (secondary N) is 1. The maximum absolute atomic E-state index is 5.45. The summed E-state index contributed by atoms with van der Waals surface area (Å²) in [5, 5.41) is 7.76. The predicted molar refractivity (Wildman–Crippen MR) is 76.2 cm³/mol. The van der Waals surface area contributed by atoms with Gasteiger partial charge in [-0.25, -0.2) is 9.97 Å². The monoisotopic (exact) mass is 285 g/mol. The van der Waals surface area contributed by atoms with Crippen molar-refractivity contribution in [1.29, 1.82) is 0 Å². The van der Waals surface area contributed by atoms with E-state index in [1.54, 1.807) is 12.3 Å². The average Bonchev–Trinajstić information content (AvgIpc) is 3.05. The van der Waals surface area contributed by atoms with Gasteiger partial charge in [0.2, 0.25) is 11.7 Å². The van der Waals surface area contributed by atoms with E-state index in [4.69, 9.17) is 4.52 Å². The summed E-state index contributed by atoms with van der Waals surface area (Å²) >= 11 is 0. The van der Waals surface area contributed by atoms with Crippen LogP contribution in [0.1, 0.15) is 50.5 Å². The molecule has 3 atom stereocenters. The molecule has 4 rings (SSSR count). The lowest BCUT2D eigenvalue weighted by atomic mass is 9.78. The number of aromatic nitrogens is 4. The summed E-state index contributed by atoms with van der Waals surface area (Å²) < 4.78 is 5.45. The van der Waals surface area contributed by atoms with Gasteiger partial charge in [0.1, 0.15) is 12.0 Å². The summed E-state index contributed by atoms with van der Waals surface area (Å²) in [6, 6.07) is 2.60. The molecule has 1 aliphatic carbocycles. The summed E-state index contributed by atoms with van der Waals surface area (Å²) in [7, 11) is 0. The third-order valence-electron chi connectivity index (χ3n) is 4.70. The van der Waals surface area contributed by atoms with Crippen LogP contribution in [-0.2, 0) is 0 Å². The van der Waals surface area contributed by atoms with Crippen LogP contribution >= 0.6 is 0 Å². The molecule has 0 spiro atoms. The van der Waals surface area contributed by atoms with Crippen molar-refractivity contribution < 1.29 is 4.52 Å². The number of hydrogen-bond donors (Lipinski definition) is 1. The molecule has 0 bridgehead atoms. The van der Waals surface area contributed by atoms with E-state index >= 15 is 0 Å². The summed E-state index contributed by atoms with van der Waals surface area (Å²) in [5.74, 6) is 2.06. The normalized spacial score (nSPS) is 29.0. The Kier molecular flexibility index (Phi) is 3.39. The Balaban J connectivity index is 1.51. The molecule has 110 valence electrons. The quantitative estimate of drug-likeness (QED) is 0.913. The summed E-state index contributed by atoms with van der Waals surface area (Å²) in [6.45, 7) is 0. The minimum atomic E-state index is 0.187. The van der Waals surface area contributed by atoms with Crippen molar-refractivity contribution in [3.63, 3.8) is 0 Å². The van der Waals surface area contributed by atoms with E-state index in [-0.39, 0.29) is 6.04 Å². The van der Waals surface area contributed by atoms with E-state index in [2.05, 4.69) is 25.4 Å². The first-order valence-corrected chi connectivity index (χ1v) is 7.76. The van der Waals surface area contributed by atoms with Crippen LogP contribution in [0.2, 0.25) is 0 Å². The Hall–Kier alpha value is -1.82. The number of piperidine rings is 1. The highest BCUT2D eigenvalue weighted by molar-refractivity contribution is 5.46. The van der Waals surface area contributed by atoms with Crippen molar-refractivity contribution >= 4 is 0 Å². The van der Waals surface area contributed by atoms with Gasteiger partial charge >= 0.3 is 0 Å². The van der Waals surface area contributed by atoms with E-state index in [1.807, 2.05) is 0 Å². The first-order chi connectivity index (χ1) is 10.4. The molecular weight excluding hydrogens is 266 g/mol. The third-order valence-corrected chi connectivity index (χ3v) is 4.70. The van der Waals surface area contributed by atoms with Crippen molar-refractivity contribution in [3.05, 3.63) is 24.5 Å². The lowest BCUT2D eigenvalue weighted by Crippen LogP contribution is -2.44. The van der Waals surface area contributed by atoms with Gasteiger partial charge < -0.3 is 9.84 Å². The van der Waals surface area contributed by atoms with Gasteiger partial charge in [0.15, 0.2) is 0 Å². The topological polar surface area (TPSA) is 76.7 Å². The van der Waals surface area contributed by atoms with Gasteiger partial charge in [-0.2, -0.15) is 4.98 Å². The molecule has 1 saturated heterocycles. The molecule has 3 heterocycles. The number of rotatable bonds is 2. The molecule has 6 nitrogen and oxygen atoms in total. The highest BCUT2D eigenvalue weighted by atomic mass is 16.5. The van der Waals surface area contributed by atoms with Crippen LogP contribution in [0, 0.1) is 5.92 Å². The fourth-order valence-corrected chi connectivity index (χ4v) is 3.59. The van der Waals surface area contributed by atoms with Gasteiger partial charge in [0.05, 0.1) is 6.04 Å². The second kappa shape index (κ2) is 5.52.